The minimum atomic E-state index is -1.02. The van der Waals surface area contributed by atoms with Crippen molar-refractivity contribution in [3.63, 3.8) is 0 Å². The van der Waals surface area contributed by atoms with Crippen molar-refractivity contribution in [3.8, 4) is 0 Å². The molecule has 0 fully saturated rings. The van der Waals surface area contributed by atoms with Gasteiger partial charge in [-0.25, -0.2) is 0 Å². The summed E-state index contributed by atoms with van der Waals surface area (Å²) < 4.78 is 0. The second kappa shape index (κ2) is 21.7. The number of aliphatic imine (C=N–C) groups is 2. The maximum absolute atomic E-state index is 13.6. The lowest BCUT2D eigenvalue weighted by Crippen LogP contribution is -2.58. The molecular formula is C30H53N13O4. The van der Waals surface area contributed by atoms with Gasteiger partial charge in [-0.05, 0) is 56.6 Å². The van der Waals surface area contributed by atoms with Gasteiger partial charge in [-0.1, -0.05) is 38.1 Å². The SMILES string of the molecule is CC(C)[C@H](NC(=O)[C@H](CCCN=C(N)N)NC(=O)CCCCN)C(=O)N[C@@H](CCCN=C(N)N)C(=O)NCc1ccc(C(=N)N)cc1. The van der Waals surface area contributed by atoms with Crippen molar-refractivity contribution in [3.05, 3.63) is 35.4 Å². The fourth-order valence-corrected chi connectivity index (χ4v) is 4.41. The number of guanidine groups is 2. The van der Waals surface area contributed by atoms with Crippen LogP contribution in [0.3, 0.4) is 0 Å². The highest BCUT2D eigenvalue weighted by Crippen LogP contribution is 2.09. The number of hydrogen-bond donors (Lipinski definition) is 11. The van der Waals surface area contributed by atoms with Crippen LogP contribution in [0.15, 0.2) is 34.3 Å². The van der Waals surface area contributed by atoms with E-state index in [0.717, 1.165) is 5.56 Å². The summed E-state index contributed by atoms with van der Waals surface area (Å²) in [5, 5.41) is 18.6. The van der Waals surface area contributed by atoms with Crippen molar-refractivity contribution in [2.75, 3.05) is 19.6 Å². The van der Waals surface area contributed by atoms with Crippen molar-refractivity contribution in [2.45, 2.75) is 83.5 Å². The molecule has 0 spiro atoms. The van der Waals surface area contributed by atoms with Crippen LogP contribution < -0.4 is 55.7 Å². The smallest absolute Gasteiger partial charge is 0.243 e. The molecule has 0 saturated carbocycles. The van der Waals surface area contributed by atoms with Gasteiger partial charge >= 0.3 is 0 Å². The van der Waals surface area contributed by atoms with Crippen LogP contribution in [-0.4, -0.2) is 79.1 Å². The quantitative estimate of drug-likeness (QED) is 0.0367. The van der Waals surface area contributed by atoms with Crippen molar-refractivity contribution in [2.24, 2.45) is 50.3 Å². The monoisotopic (exact) mass is 659 g/mol. The van der Waals surface area contributed by atoms with Crippen molar-refractivity contribution in [1.82, 2.24) is 21.3 Å². The number of unbranched alkanes of at least 4 members (excludes halogenated alkanes) is 1. The summed E-state index contributed by atoms with van der Waals surface area (Å²) in [5.41, 5.74) is 34.0. The topological polar surface area (TPSA) is 321 Å². The highest BCUT2D eigenvalue weighted by atomic mass is 16.2. The maximum atomic E-state index is 13.6. The summed E-state index contributed by atoms with van der Waals surface area (Å²) in [4.78, 5) is 60.7. The van der Waals surface area contributed by atoms with Crippen LogP contribution in [0.2, 0.25) is 0 Å². The minimum Gasteiger partial charge on any atom is -0.384 e. The van der Waals surface area contributed by atoms with E-state index in [1.807, 2.05) is 0 Å². The molecule has 0 aliphatic heterocycles. The Labute approximate surface area is 276 Å². The van der Waals surface area contributed by atoms with Gasteiger partial charge in [-0.15, -0.1) is 0 Å². The van der Waals surface area contributed by atoms with E-state index in [-0.39, 0.29) is 68.5 Å². The second-order valence-corrected chi connectivity index (χ2v) is 11.4. The zero-order chi connectivity index (χ0) is 35.4. The predicted molar refractivity (Wildman–Crippen MR) is 183 cm³/mol. The number of carbonyl (C=O) groups is 4. The van der Waals surface area contributed by atoms with Crippen molar-refractivity contribution in [1.29, 1.82) is 5.41 Å². The zero-order valence-electron chi connectivity index (χ0n) is 27.4. The molecule has 0 bridgehead atoms. The van der Waals surface area contributed by atoms with Crippen LogP contribution in [-0.2, 0) is 25.7 Å². The standard InChI is InChI=1S/C30H53N13O4/c1-18(2)24(43-27(46)22(8-6-16-39-30(36)37)41-23(44)9-3-4-14-31)28(47)42-21(7-5-15-38-29(34)35)26(45)40-17-19-10-12-20(13-11-19)25(32)33/h10-13,18,21-22,24H,3-9,14-17,31H2,1-2H3,(H3,32,33)(H,40,45)(H,41,44)(H,42,47)(H,43,46)(H4,34,35,38)(H4,36,37,39)/t21-,22-,24-/m0/s1. The Kier molecular flexibility index (Phi) is 18.5. The van der Waals surface area contributed by atoms with Gasteiger partial charge in [-0.3, -0.25) is 34.6 Å². The molecule has 0 aromatic heterocycles. The number of nitrogens with two attached hydrogens (primary N) is 6. The third-order valence-corrected chi connectivity index (χ3v) is 7.01. The Bertz CT molecular complexity index is 1230. The van der Waals surface area contributed by atoms with Crippen LogP contribution in [0.25, 0.3) is 0 Å². The highest BCUT2D eigenvalue weighted by Gasteiger charge is 2.31. The van der Waals surface area contributed by atoms with E-state index in [1.54, 1.807) is 38.1 Å². The fraction of sp³-hybridized carbons (Fsp3) is 0.567. The molecule has 1 rings (SSSR count). The Morgan fingerprint density at radius 2 is 1.30 bits per heavy atom. The number of nitrogens with one attached hydrogen (secondary N) is 5. The summed E-state index contributed by atoms with van der Waals surface area (Å²) in [5.74, 6) is -2.52. The van der Waals surface area contributed by atoms with E-state index >= 15 is 0 Å². The largest absolute Gasteiger partial charge is 0.384 e. The van der Waals surface area contributed by atoms with E-state index < -0.39 is 35.8 Å². The van der Waals surface area contributed by atoms with E-state index in [4.69, 9.17) is 39.8 Å². The van der Waals surface area contributed by atoms with E-state index in [1.165, 1.54) is 0 Å². The first kappa shape index (κ1) is 40.1. The van der Waals surface area contributed by atoms with Gasteiger partial charge < -0.3 is 55.7 Å². The lowest BCUT2D eigenvalue weighted by molar-refractivity contribution is -0.134. The van der Waals surface area contributed by atoms with Crippen LogP contribution in [0.1, 0.15) is 69.9 Å². The molecular weight excluding hydrogens is 606 g/mol. The Morgan fingerprint density at radius 3 is 1.79 bits per heavy atom. The molecule has 0 heterocycles. The van der Waals surface area contributed by atoms with Gasteiger partial charge in [0.2, 0.25) is 23.6 Å². The molecule has 3 atom stereocenters. The number of carbonyl (C=O) groups excluding carboxylic acids is 4. The number of nitrogen functional groups attached to an aromatic ring is 1. The molecule has 262 valence electrons. The highest BCUT2D eigenvalue weighted by molar-refractivity contribution is 5.95. The molecule has 4 amide bonds. The van der Waals surface area contributed by atoms with Crippen molar-refractivity contribution < 1.29 is 19.2 Å². The van der Waals surface area contributed by atoms with Crippen LogP contribution in [0, 0.1) is 11.3 Å². The maximum Gasteiger partial charge on any atom is 0.243 e. The first-order valence-electron chi connectivity index (χ1n) is 15.7. The van der Waals surface area contributed by atoms with Crippen LogP contribution in [0.4, 0.5) is 0 Å². The van der Waals surface area contributed by atoms with Crippen LogP contribution in [0.5, 0.6) is 0 Å². The lowest BCUT2D eigenvalue weighted by Gasteiger charge is -2.27. The molecule has 0 saturated heterocycles. The van der Waals surface area contributed by atoms with Gasteiger partial charge in [0.15, 0.2) is 11.9 Å². The third kappa shape index (κ3) is 16.8. The third-order valence-electron chi connectivity index (χ3n) is 7.01. The molecule has 0 radical (unpaired) electrons. The molecule has 17 N–H and O–H groups in total. The number of benzene rings is 1. The summed E-state index contributed by atoms with van der Waals surface area (Å²) in [7, 11) is 0. The Balaban J connectivity index is 3.06. The molecule has 1 aromatic carbocycles. The first-order valence-corrected chi connectivity index (χ1v) is 15.7. The van der Waals surface area contributed by atoms with Crippen LogP contribution >= 0.6 is 0 Å². The zero-order valence-corrected chi connectivity index (χ0v) is 27.4. The molecule has 17 heteroatoms. The second-order valence-electron chi connectivity index (χ2n) is 11.4. The molecule has 0 aliphatic carbocycles. The van der Waals surface area contributed by atoms with Gasteiger partial charge in [0.25, 0.3) is 0 Å². The summed E-state index contributed by atoms with van der Waals surface area (Å²) >= 11 is 0. The number of hydrogen-bond acceptors (Lipinski definition) is 8. The summed E-state index contributed by atoms with van der Waals surface area (Å²) in [6.45, 7) is 4.60. The van der Waals surface area contributed by atoms with E-state index in [2.05, 4.69) is 31.3 Å². The Hall–Kier alpha value is -4.93. The Morgan fingerprint density at radius 1 is 0.745 bits per heavy atom. The van der Waals surface area contributed by atoms with Gasteiger partial charge in [0, 0.05) is 31.6 Å². The number of rotatable bonds is 22. The number of nitrogens with zero attached hydrogens (tertiary/aromatic N) is 2. The predicted octanol–water partition coefficient (Wildman–Crippen LogP) is -2.07. The van der Waals surface area contributed by atoms with Gasteiger partial charge in [-0.2, -0.15) is 0 Å². The number of amides is 4. The summed E-state index contributed by atoms with van der Waals surface area (Å²) in [6, 6.07) is 3.87. The summed E-state index contributed by atoms with van der Waals surface area (Å²) in [6.07, 6.45) is 2.64. The molecule has 47 heavy (non-hydrogen) atoms. The minimum absolute atomic E-state index is 0.0712. The first-order chi connectivity index (χ1) is 22.2. The fourth-order valence-electron chi connectivity index (χ4n) is 4.41. The number of amidine groups is 1. The van der Waals surface area contributed by atoms with E-state index in [9.17, 15) is 19.2 Å². The van der Waals surface area contributed by atoms with E-state index in [0.29, 0.717) is 37.8 Å². The normalized spacial score (nSPS) is 12.6. The molecule has 0 aliphatic rings. The average molecular weight is 660 g/mol. The van der Waals surface area contributed by atoms with Gasteiger partial charge in [0.1, 0.15) is 24.0 Å². The molecule has 0 unspecified atom stereocenters. The molecule has 17 nitrogen and oxygen atoms in total. The lowest BCUT2D eigenvalue weighted by atomic mass is 10.0. The van der Waals surface area contributed by atoms with Gasteiger partial charge in [0.05, 0.1) is 0 Å². The van der Waals surface area contributed by atoms with Crippen molar-refractivity contribution >= 4 is 41.4 Å². The molecule has 1 aromatic rings. The average Bonchev–Trinajstić information content (AvgIpc) is 3.01.